The van der Waals surface area contributed by atoms with Gasteiger partial charge in [-0.1, -0.05) is 30.3 Å². The lowest BCUT2D eigenvalue weighted by Gasteiger charge is -2.19. The third kappa shape index (κ3) is 3.61. The van der Waals surface area contributed by atoms with Crippen molar-refractivity contribution in [2.75, 3.05) is 22.9 Å². The second-order valence-electron chi connectivity index (χ2n) is 7.95. The summed E-state index contributed by atoms with van der Waals surface area (Å²) in [6.45, 7) is 0.287. The maximum absolute atomic E-state index is 12.1. The number of rotatable bonds is 7. The predicted molar refractivity (Wildman–Crippen MR) is 122 cm³/mol. The van der Waals surface area contributed by atoms with Gasteiger partial charge in [-0.15, -0.1) is 0 Å². The largest absolute Gasteiger partial charge is 0.387 e. The van der Waals surface area contributed by atoms with Crippen LogP contribution in [-0.2, 0) is 11.3 Å². The first-order valence-corrected chi connectivity index (χ1v) is 10.4. The second-order valence-corrected chi connectivity index (χ2v) is 7.95. The normalized spacial score (nSPS) is 22.4. The summed E-state index contributed by atoms with van der Waals surface area (Å²) in [7, 11) is 0. The van der Waals surface area contributed by atoms with Gasteiger partial charge in [-0.25, -0.2) is 4.98 Å². The van der Waals surface area contributed by atoms with Crippen LogP contribution in [0.3, 0.4) is 0 Å². The SMILES string of the molecule is Nc1nc2c(ncn2[C@@H]2O[C@H](CNc3c(NCc4ccccc4)c(=O)c3=O)[C@@H](O)[C@H]2O)c(=O)[nH]1. The minimum atomic E-state index is -1.38. The van der Waals surface area contributed by atoms with E-state index in [1.807, 2.05) is 30.3 Å². The van der Waals surface area contributed by atoms with E-state index in [1.54, 1.807) is 0 Å². The van der Waals surface area contributed by atoms with Crippen LogP contribution in [-0.4, -0.2) is 54.6 Å². The number of aliphatic hydroxyl groups excluding tert-OH is 2. The van der Waals surface area contributed by atoms with Crippen LogP contribution in [0, 0.1) is 0 Å². The van der Waals surface area contributed by atoms with Gasteiger partial charge in [-0.3, -0.25) is 23.9 Å². The van der Waals surface area contributed by atoms with Crippen LogP contribution in [0.5, 0.6) is 0 Å². The summed E-state index contributed by atoms with van der Waals surface area (Å²) in [5.74, 6) is -0.138. The van der Waals surface area contributed by atoms with Crippen LogP contribution in [0.1, 0.15) is 11.8 Å². The van der Waals surface area contributed by atoms with Gasteiger partial charge in [0.05, 0.1) is 6.33 Å². The summed E-state index contributed by atoms with van der Waals surface area (Å²) in [5.41, 5.74) is 4.99. The van der Waals surface area contributed by atoms with Crippen molar-refractivity contribution in [3.8, 4) is 0 Å². The van der Waals surface area contributed by atoms with Crippen LogP contribution in [0.25, 0.3) is 11.2 Å². The first-order valence-electron chi connectivity index (χ1n) is 10.4. The van der Waals surface area contributed by atoms with Crippen molar-refractivity contribution in [2.45, 2.75) is 31.1 Å². The van der Waals surface area contributed by atoms with Crippen molar-refractivity contribution in [3.05, 3.63) is 73.0 Å². The summed E-state index contributed by atoms with van der Waals surface area (Å²) in [5, 5.41) is 26.8. The highest BCUT2D eigenvalue weighted by atomic mass is 16.6. The Morgan fingerprint density at radius 2 is 1.76 bits per heavy atom. The predicted octanol–water partition coefficient (Wildman–Crippen LogP) is -1.36. The molecule has 5 rings (SSSR count). The lowest BCUT2D eigenvalue weighted by atomic mass is 10.1. The maximum atomic E-state index is 12.1. The number of nitrogens with zero attached hydrogens (tertiary/aromatic N) is 3. The van der Waals surface area contributed by atoms with Crippen LogP contribution in [0.4, 0.5) is 17.3 Å². The van der Waals surface area contributed by atoms with Gasteiger partial charge in [0.15, 0.2) is 17.4 Å². The van der Waals surface area contributed by atoms with Crippen LogP contribution >= 0.6 is 0 Å². The number of imidazole rings is 1. The van der Waals surface area contributed by atoms with E-state index >= 15 is 0 Å². The van der Waals surface area contributed by atoms with Gasteiger partial charge < -0.3 is 31.3 Å². The maximum Gasteiger partial charge on any atom is 0.280 e. The van der Waals surface area contributed by atoms with Crippen molar-refractivity contribution in [1.82, 2.24) is 19.5 Å². The van der Waals surface area contributed by atoms with E-state index in [0.717, 1.165) is 5.56 Å². The van der Waals surface area contributed by atoms with E-state index in [9.17, 15) is 24.6 Å². The first-order chi connectivity index (χ1) is 16.3. The van der Waals surface area contributed by atoms with E-state index in [-0.39, 0.29) is 35.0 Å². The third-order valence-electron chi connectivity index (χ3n) is 5.76. The average Bonchev–Trinajstić information content (AvgIpc) is 3.37. The van der Waals surface area contributed by atoms with Crippen molar-refractivity contribution in [2.24, 2.45) is 0 Å². The molecule has 2 aromatic heterocycles. The molecule has 0 saturated carbocycles. The fraction of sp³-hybridized carbons (Fsp3) is 0.286. The molecule has 4 aromatic rings. The molecule has 34 heavy (non-hydrogen) atoms. The Balaban J connectivity index is 1.30. The molecule has 176 valence electrons. The number of nitrogen functional groups attached to an aromatic ring is 1. The minimum absolute atomic E-state index is 0.000991. The molecule has 0 unspecified atom stereocenters. The molecule has 1 aliphatic heterocycles. The zero-order valence-electron chi connectivity index (χ0n) is 17.6. The molecule has 4 atom stereocenters. The highest BCUT2D eigenvalue weighted by Gasteiger charge is 2.44. The summed E-state index contributed by atoms with van der Waals surface area (Å²) in [4.78, 5) is 46.4. The number of aromatic nitrogens is 4. The quantitative estimate of drug-likeness (QED) is 0.176. The topological polar surface area (TPSA) is 197 Å². The monoisotopic (exact) mass is 467 g/mol. The van der Waals surface area contributed by atoms with Crippen LogP contribution < -0.4 is 32.8 Å². The number of hydrogen-bond acceptors (Lipinski definition) is 11. The number of nitrogens with two attached hydrogens (primary N) is 1. The minimum Gasteiger partial charge on any atom is -0.387 e. The highest BCUT2D eigenvalue weighted by Crippen LogP contribution is 2.31. The Labute approximate surface area is 190 Å². The van der Waals surface area contributed by atoms with Crippen molar-refractivity contribution in [3.63, 3.8) is 0 Å². The fourth-order valence-electron chi connectivity index (χ4n) is 3.97. The van der Waals surface area contributed by atoms with Gasteiger partial charge in [-0.05, 0) is 5.56 Å². The molecular weight excluding hydrogens is 446 g/mol. The molecule has 1 aliphatic rings. The molecule has 0 aliphatic carbocycles. The number of fused-ring (bicyclic) bond motifs is 1. The molecule has 3 heterocycles. The molecule has 13 nitrogen and oxygen atoms in total. The van der Waals surface area contributed by atoms with Gasteiger partial charge in [0.1, 0.15) is 29.7 Å². The zero-order valence-corrected chi connectivity index (χ0v) is 17.6. The van der Waals surface area contributed by atoms with Crippen molar-refractivity contribution < 1.29 is 14.9 Å². The molecule has 0 spiro atoms. The Hall–Kier alpha value is -4.07. The molecule has 1 saturated heterocycles. The number of aliphatic hydroxyl groups is 2. The fourth-order valence-corrected chi connectivity index (χ4v) is 3.97. The van der Waals surface area contributed by atoms with Gasteiger partial charge in [0.25, 0.3) is 16.4 Å². The lowest BCUT2D eigenvalue weighted by Crippen LogP contribution is -2.41. The number of benzene rings is 1. The van der Waals surface area contributed by atoms with Crippen molar-refractivity contribution >= 4 is 28.5 Å². The molecule has 7 N–H and O–H groups in total. The molecule has 0 radical (unpaired) electrons. The van der Waals surface area contributed by atoms with E-state index < -0.39 is 41.0 Å². The number of anilines is 3. The Bertz CT molecular complexity index is 1470. The Morgan fingerprint density at radius 1 is 1.06 bits per heavy atom. The smallest absolute Gasteiger partial charge is 0.280 e. The highest BCUT2D eigenvalue weighted by molar-refractivity contribution is 5.74. The van der Waals surface area contributed by atoms with Crippen LogP contribution in [0.2, 0.25) is 0 Å². The molecule has 0 bridgehead atoms. The molecule has 2 aromatic carbocycles. The molecule has 13 heteroatoms. The average molecular weight is 467 g/mol. The summed E-state index contributed by atoms with van der Waals surface area (Å²) < 4.78 is 7.10. The summed E-state index contributed by atoms with van der Waals surface area (Å²) in [6, 6.07) is 9.36. The van der Waals surface area contributed by atoms with Gasteiger partial charge >= 0.3 is 0 Å². The first kappa shape index (κ1) is 21.8. The number of nitrogens with one attached hydrogen (secondary N) is 3. The number of H-pyrrole nitrogens is 1. The number of aromatic amines is 1. The van der Waals surface area contributed by atoms with Gasteiger partial charge in [-0.2, -0.15) is 4.98 Å². The van der Waals surface area contributed by atoms with Gasteiger partial charge in [0.2, 0.25) is 5.95 Å². The third-order valence-corrected chi connectivity index (χ3v) is 5.76. The number of ether oxygens (including phenoxy) is 1. The summed E-state index contributed by atoms with van der Waals surface area (Å²) in [6.07, 6.45) is -3.51. The van der Waals surface area contributed by atoms with E-state index in [2.05, 4.69) is 25.6 Å². The number of hydrogen-bond donors (Lipinski definition) is 6. The van der Waals surface area contributed by atoms with Crippen molar-refractivity contribution in [1.29, 1.82) is 0 Å². The zero-order chi connectivity index (χ0) is 24.0. The van der Waals surface area contributed by atoms with E-state index in [1.165, 1.54) is 10.9 Å². The molecule has 1 fully saturated rings. The van der Waals surface area contributed by atoms with E-state index in [0.29, 0.717) is 6.54 Å². The standard InChI is InChI=1S/C21H21N7O6/c22-21-26-18-13(19(33)27-21)25-8-28(18)20-17(32)14(29)10(34-20)7-24-12-11(15(30)16(12)31)23-6-9-4-2-1-3-5-9/h1-5,8,10,14,17,20,23-24,29,32H,6-7H2,(H3,22,26,27,33)/t10-,14-,17-,20-/m1/s1. The van der Waals surface area contributed by atoms with Crippen LogP contribution in [0.15, 0.2) is 51.0 Å². The van der Waals surface area contributed by atoms with Gasteiger partial charge in [0, 0.05) is 13.1 Å². The summed E-state index contributed by atoms with van der Waals surface area (Å²) >= 11 is 0. The second kappa shape index (κ2) is 8.37. The Morgan fingerprint density at radius 3 is 2.50 bits per heavy atom. The van der Waals surface area contributed by atoms with E-state index in [4.69, 9.17) is 10.5 Å². The lowest BCUT2D eigenvalue weighted by molar-refractivity contribution is -0.0312. The molecular formula is C21H21N7O6. The Kier molecular flexibility index (Phi) is 5.36. The molecule has 0 amide bonds.